The van der Waals surface area contributed by atoms with Crippen LogP contribution in [0.15, 0.2) is 22.6 Å². The van der Waals surface area contributed by atoms with E-state index >= 15 is 0 Å². The summed E-state index contributed by atoms with van der Waals surface area (Å²) < 4.78 is 29.9. The minimum Gasteiger partial charge on any atom is -0.440 e. The Morgan fingerprint density at radius 1 is 1.32 bits per heavy atom. The van der Waals surface area contributed by atoms with Crippen molar-refractivity contribution >= 4 is 26.6 Å². The summed E-state index contributed by atoms with van der Waals surface area (Å²) >= 11 is 0. The molecule has 1 fully saturated rings. The van der Waals surface area contributed by atoms with Gasteiger partial charge in [0.25, 0.3) is 0 Å². The van der Waals surface area contributed by atoms with Crippen LogP contribution in [0.1, 0.15) is 31.6 Å². The van der Waals surface area contributed by atoms with E-state index < -0.39 is 9.84 Å². The lowest BCUT2D eigenvalue weighted by Crippen LogP contribution is -2.19. The van der Waals surface area contributed by atoms with E-state index in [9.17, 15) is 8.42 Å². The molecule has 0 spiro atoms. The summed E-state index contributed by atoms with van der Waals surface area (Å²) in [5, 5.41) is -0.229. The van der Waals surface area contributed by atoms with Crippen LogP contribution < -0.4 is 5.73 Å². The summed E-state index contributed by atoms with van der Waals surface area (Å²) in [4.78, 5) is 4.20. The zero-order chi connectivity index (χ0) is 13.5. The molecule has 0 bridgehead atoms. The van der Waals surface area contributed by atoms with Crippen molar-refractivity contribution < 1.29 is 12.8 Å². The lowest BCUT2D eigenvalue weighted by atomic mass is 10.3. The van der Waals surface area contributed by atoms with Crippen LogP contribution >= 0.6 is 0 Å². The molecular formula is C13H16N2O3S. The maximum Gasteiger partial charge on any atom is 0.210 e. The monoisotopic (exact) mass is 280 g/mol. The van der Waals surface area contributed by atoms with Crippen LogP contribution in [0.2, 0.25) is 0 Å². The zero-order valence-electron chi connectivity index (χ0n) is 10.5. The summed E-state index contributed by atoms with van der Waals surface area (Å²) in [6, 6.07) is 5.11. The van der Waals surface area contributed by atoms with Gasteiger partial charge in [0.05, 0.1) is 5.25 Å². The van der Waals surface area contributed by atoms with Gasteiger partial charge in [0.2, 0.25) is 5.89 Å². The molecule has 1 aliphatic rings. The predicted octanol–water partition coefficient (Wildman–Crippen LogP) is 2.27. The Labute approximate surface area is 111 Å². The van der Waals surface area contributed by atoms with E-state index in [1.54, 1.807) is 18.2 Å². The zero-order valence-corrected chi connectivity index (χ0v) is 11.3. The van der Waals surface area contributed by atoms with E-state index in [0.29, 0.717) is 16.8 Å². The lowest BCUT2D eigenvalue weighted by molar-refractivity contribution is 0.534. The van der Waals surface area contributed by atoms with Gasteiger partial charge in [-0.05, 0) is 31.0 Å². The first kappa shape index (κ1) is 12.5. The van der Waals surface area contributed by atoms with E-state index in [-0.39, 0.29) is 16.9 Å². The predicted molar refractivity (Wildman–Crippen MR) is 73.3 cm³/mol. The average Bonchev–Trinajstić information content (AvgIpc) is 2.95. The number of fused-ring (bicyclic) bond motifs is 1. The van der Waals surface area contributed by atoms with Crippen LogP contribution in [0.4, 0.5) is 5.69 Å². The molecule has 0 saturated heterocycles. The molecule has 1 aliphatic carbocycles. The Morgan fingerprint density at radius 2 is 2.05 bits per heavy atom. The number of nitrogen functional groups attached to an aromatic ring is 1. The Kier molecular flexibility index (Phi) is 2.97. The van der Waals surface area contributed by atoms with Gasteiger partial charge in [-0.2, -0.15) is 0 Å². The lowest BCUT2D eigenvalue weighted by Gasteiger charge is -2.08. The number of anilines is 1. The summed E-state index contributed by atoms with van der Waals surface area (Å²) in [5.74, 6) is 0.138. The number of aromatic nitrogens is 1. The number of oxazole rings is 1. The highest BCUT2D eigenvalue weighted by atomic mass is 32.2. The van der Waals surface area contributed by atoms with Gasteiger partial charge in [-0.1, -0.05) is 12.8 Å². The summed E-state index contributed by atoms with van der Waals surface area (Å²) in [6.45, 7) is 0. The van der Waals surface area contributed by atoms with Gasteiger partial charge in [0.1, 0.15) is 11.3 Å². The maximum absolute atomic E-state index is 12.2. The van der Waals surface area contributed by atoms with Crippen LogP contribution in [-0.4, -0.2) is 18.7 Å². The number of nitrogens with two attached hydrogens (primary N) is 1. The van der Waals surface area contributed by atoms with Crippen molar-refractivity contribution in [2.75, 3.05) is 5.73 Å². The molecule has 102 valence electrons. The average molecular weight is 280 g/mol. The highest BCUT2D eigenvalue weighted by Gasteiger charge is 2.30. The number of benzene rings is 1. The molecule has 1 heterocycles. The number of hydrogen-bond donors (Lipinski definition) is 1. The summed E-state index contributed by atoms with van der Waals surface area (Å²) in [7, 11) is -3.16. The van der Waals surface area contributed by atoms with Crippen molar-refractivity contribution in [2.24, 2.45) is 0 Å². The third-order valence-corrected chi connectivity index (χ3v) is 5.73. The van der Waals surface area contributed by atoms with Crippen molar-refractivity contribution in [1.82, 2.24) is 4.98 Å². The molecular weight excluding hydrogens is 264 g/mol. The first-order valence-electron chi connectivity index (χ1n) is 6.41. The standard InChI is InChI=1S/C13H16N2O3S/c14-9-5-6-12-11(7-9)15-13(18-12)8-19(16,17)10-3-1-2-4-10/h5-7,10H,1-4,8,14H2. The molecule has 1 aromatic heterocycles. The fourth-order valence-corrected chi connectivity index (χ4v) is 4.35. The first-order chi connectivity index (χ1) is 9.04. The second kappa shape index (κ2) is 4.52. The smallest absolute Gasteiger partial charge is 0.210 e. The minimum absolute atomic E-state index is 0.119. The van der Waals surface area contributed by atoms with E-state index in [0.717, 1.165) is 25.7 Å². The van der Waals surface area contributed by atoms with Crippen molar-refractivity contribution in [1.29, 1.82) is 0 Å². The van der Waals surface area contributed by atoms with Gasteiger partial charge in [-0.3, -0.25) is 0 Å². The molecule has 0 amide bonds. The van der Waals surface area contributed by atoms with Crippen molar-refractivity contribution in [3.63, 3.8) is 0 Å². The van der Waals surface area contributed by atoms with Gasteiger partial charge in [-0.15, -0.1) is 0 Å². The minimum atomic E-state index is -3.16. The summed E-state index contributed by atoms with van der Waals surface area (Å²) in [5.41, 5.74) is 7.43. The highest BCUT2D eigenvalue weighted by molar-refractivity contribution is 7.91. The fourth-order valence-electron chi connectivity index (χ4n) is 2.59. The molecule has 2 aromatic rings. The number of sulfone groups is 1. The second-order valence-electron chi connectivity index (χ2n) is 5.05. The Balaban J connectivity index is 1.88. The molecule has 6 heteroatoms. The largest absolute Gasteiger partial charge is 0.440 e. The normalized spacial score (nSPS) is 17.3. The third-order valence-electron chi connectivity index (χ3n) is 3.59. The van der Waals surface area contributed by atoms with E-state index in [4.69, 9.17) is 10.2 Å². The number of rotatable bonds is 3. The molecule has 0 aliphatic heterocycles. The molecule has 0 unspecified atom stereocenters. The van der Waals surface area contributed by atoms with Gasteiger partial charge in [0.15, 0.2) is 15.4 Å². The summed E-state index contributed by atoms with van der Waals surface area (Å²) in [6.07, 6.45) is 3.51. The molecule has 5 nitrogen and oxygen atoms in total. The van der Waals surface area contributed by atoms with Crippen LogP contribution in [-0.2, 0) is 15.6 Å². The van der Waals surface area contributed by atoms with Gasteiger partial charge >= 0.3 is 0 Å². The van der Waals surface area contributed by atoms with Gasteiger partial charge < -0.3 is 10.2 Å². The van der Waals surface area contributed by atoms with Crippen LogP contribution in [0.25, 0.3) is 11.1 Å². The fraction of sp³-hybridized carbons (Fsp3) is 0.462. The van der Waals surface area contributed by atoms with Crippen LogP contribution in [0.5, 0.6) is 0 Å². The van der Waals surface area contributed by atoms with Crippen molar-refractivity contribution in [3.8, 4) is 0 Å². The van der Waals surface area contributed by atoms with E-state index in [2.05, 4.69) is 4.98 Å². The molecule has 0 atom stereocenters. The molecule has 3 rings (SSSR count). The van der Waals surface area contributed by atoms with Crippen molar-refractivity contribution in [2.45, 2.75) is 36.7 Å². The van der Waals surface area contributed by atoms with Gasteiger partial charge in [0, 0.05) is 5.69 Å². The molecule has 19 heavy (non-hydrogen) atoms. The Morgan fingerprint density at radius 3 is 2.79 bits per heavy atom. The quantitative estimate of drug-likeness (QED) is 0.871. The number of hydrogen-bond acceptors (Lipinski definition) is 5. The molecule has 2 N–H and O–H groups in total. The van der Waals surface area contributed by atoms with Crippen LogP contribution in [0, 0.1) is 0 Å². The molecule has 0 radical (unpaired) electrons. The Bertz CT molecular complexity index is 700. The van der Waals surface area contributed by atoms with Crippen LogP contribution in [0.3, 0.4) is 0 Å². The highest BCUT2D eigenvalue weighted by Crippen LogP contribution is 2.28. The first-order valence-corrected chi connectivity index (χ1v) is 8.13. The van der Waals surface area contributed by atoms with E-state index in [1.165, 1.54) is 0 Å². The molecule has 1 saturated carbocycles. The maximum atomic E-state index is 12.2. The number of nitrogens with zero attached hydrogens (tertiary/aromatic N) is 1. The van der Waals surface area contributed by atoms with Gasteiger partial charge in [-0.25, -0.2) is 13.4 Å². The Hall–Kier alpha value is -1.56. The SMILES string of the molecule is Nc1ccc2oc(CS(=O)(=O)C3CCCC3)nc2c1. The third kappa shape index (κ3) is 2.45. The topological polar surface area (TPSA) is 86.2 Å². The van der Waals surface area contributed by atoms with Crippen molar-refractivity contribution in [3.05, 3.63) is 24.1 Å². The second-order valence-corrected chi connectivity index (χ2v) is 7.33. The van der Waals surface area contributed by atoms with E-state index in [1.807, 2.05) is 0 Å². The molecule has 1 aromatic carbocycles.